The highest BCUT2D eigenvalue weighted by Crippen LogP contribution is 2.31. The van der Waals surface area contributed by atoms with E-state index < -0.39 is 0 Å². The summed E-state index contributed by atoms with van der Waals surface area (Å²) >= 11 is 0. The van der Waals surface area contributed by atoms with E-state index in [0.717, 1.165) is 33.3 Å². The van der Waals surface area contributed by atoms with Crippen LogP contribution in [0.4, 0.5) is 0 Å². The van der Waals surface area contributed by atoms with E-state index in [2.05, 4.69) is 15.0 Å². The van der Waals surface area contributed by atoms with Crippen molar-refractivity contribution in [1.29, 1.82) is 0 Å². The molecule has 136 valence electrons. The van der Waals surface area contributed by atoms with Crippen molar-refractivity contribution in [2.45, 2.75) is 0 Å². The van der Waals surface area contributed by atoms with Crippen LogP contribution in [0.3, 0.4) is 0 Å². The number of para-hydroxylation sites is 1. The number of ether oxygens (including phenoxy) is 1. The van der Waals surface area contributed by atoms with Crippen molar-refractivity contribution in [3.8, 4) is 22.8 Å². The number of nitrogens with zero attached hydrogens (tertiary/aromatic N) is 3. The number of nitrogens with one attached hydrogen (secondary N) is 1. The molecule has 28 heavy (non-hydrogen) atoms. The second kappa shape index (κ2) is 6.35. The van der Waals surface area contributed by atoms with Gasteiger partial charge in [-0.25, -0.2) is 9.55 Å². The molecule has 0 aliphatic heterocycles. The van der Waals surface area contributed by atoms with E-state index in [1.165, 1.54) is 0 Å². The lowest BCUT2D eigenvalue weighted by molar-refractivity contribution is 0.416. The first-order valence-corrected chi connectivity index (χ1v) is 8.85. The molecular weight excluding hydrogens is 352 g/mol. The van der Waals surface area contributed by atoms with Crippen LogP contribution < -0.4 is 10.3 Å². The Morgan fingerprint density at radius 1 is 1.00 bits per heavy atom. The first-order valence-electron chi connectivity index (χ1n) is 8.85. The number of benzene rings is 2. The molecule has 0 radical (unpaired) electrons. The van der Waals surface area contributed by atoms with Gasteiger partial charge in [0.2, 0.25) is 5.95 Å². The third-order valence-electron chi connectivity index (χ3n) is 4.77. The highest BCUT2D eigenvalue weighted by atomic mass is 16.5. The third kappa shape index (κ3) is 2.54. The van der Waals surface area contributed by atoms with Crippen LogP contribution >= 0.6 is 0 Å². The van der Waals surface area contributed by atoms with E-state index in [4.69, 9.17) is 4.74 Å². The van der Waals surface area contributed by atoms with Gasteiger partial charge in [0.05, 0.1) is 18.1 Å². The number of pyridine rings is 2. The first-order chi connectivity index (χ1) is 13.7. The van der Waals surface area contributed by atoms with E-state index >= 15 is 0 Å². The lowest BCUT2D eigenvalue weighted by Crippen LogP contribution is -2.18. The molecule has 2 aromatic carbocycles. The SMILES string of the molecule is COc1ccccc1-c1ccc2c(ccc(=O)n2-c2nc3ncccc3[nH]2)c1. The number of aromatic nitrogens is 4. The minimum Gasteiger partial charge on any atom is -0.496 e. The molecule has 0 bridgehead atoms. The lowest BCUT2D eigenvalue weighted by atomic mass is 10.0. The quantitative estimate of drug-likeness (QED) is 0.524. The van der Waals surface area contributed by atoms with Gasteiger partial charge in [0, 0.05) is 17.8 Å². The molecule has 1 N–H and O–H groups in total. The lowest BCUT2D eigenvalue weighted by Gasteiger charge is -2.11. The van der Waals surface area contributed by atoms with Crippen LogP contribution in [0, 0.1) is 0 Å². The van der Waals surface area contributed by atoms with Gasteiger partial charge in [-0.05, 0) is 47.3 Å². The summed E-state index contributed by atoms with van der Waals surface area (Å²) in [5, 5.41) is 0.927. The molecule has 0 saturated carbocycles. The van der Waals surface area contributed by atoms with Crippen LogP contribution in [-0.2, 0) is 0 Å². The van der Waals surface area contributed by atoms with Gasteiger partial charge >= 0.3 is 0 Å². The smallest absolute Gasteiger partial charge is 0.257 e. The number of aromatic amines is 1. The van der Waals surface area contributed by atoms with E-state index in [1.807, 2.05) is 60.7 Å². The van der Waals surface area contributed by atoms with Gasteiger partial charge in [0.15, 0.2) is 5.65 Å². The summed E-state index contributed by atoms with van der Waals surface area (Å²) in [5.41, 5.74) is 3.99. The van der Waals surface area contributed by atoms with Crippen molar-refractivity contribution < 1.29 is 4.74 Å². The van der Waals surface area contributed by atoms with Crippen molar-refractivity contribution in [2.24, 2.45) is 0 Å². The highest BCUT2D eigenvalue weighted by Gasteiger charge is 2.12. The average molecular weight is 368 g/mol. The van der Waals surface area contributed by atoms with Crippen LogP contribution in [-0.4, -0.2) is 26.6 Å². The van der Waals surface area contributed by atoms with Crippen molar-refractivity contribution in [3.05, 3.63) is 83.3 Å². The Bertz CT molecular complexity index is 1350. The second-order valence-corrected chi connectivity index (χ2v) is 6.42. The molecule has 6 nitrogen and oxygen atoms in total. The molecule has 0 atom stereocenters. The van der Waals surface area contributed by atoms with Crippen molar-refractivity contribution in [2.75, 3.05) is 7.11 Å². The Hall–Kier alpha value is -3.93. The molecule has 5 aromatic rings. The molecule has 0 fully saturated rings. The molecule has 0 unspecified atom stereocenters. The fourth-order valence-corrected chi connectivity index (χ4v) is 3.45. The van der Waals surface area contributed by atoms with E-state index in [1.54, 1.807) is 23.9 Å². The summed E-state index contributed by atoms with van der Waals surface area (Å²) in [4.78, 5) is 24.5. The van der Waals surface area contributed by atoms with E-state index in [-0.39, 0.29) is 5.56 Å². The predicted octanol–water partition coefficient (Wildman–Crippen LogP) is 3.94. The minimum absolute atomic E-state index is 0.156. The zero-order chi connectivity index (χ0) is 19.1. The maximum atomic E-state index is 12.6. The third-order valence-corrected chi connectivity index (χ3v) is 4.77. The second-order valence-electron chi connectivity index (χ2n) is 6.42. The van der Waals surface area contributed by atoms with Gasteiger partial charge in [0.1, 0.15) is 5.75 Å². The number of hydrogen-bond donors (Lipinski definition) is 1. The molecule has 0 amide bonds. The fourth-order valence-electron chi connectivity index (χ4n) is 3.45. The van der Waals surface area contributed by atoms with E-state index in [9.17, 15) is 4.79 Å². The van der Waals surface area contributed by atoms with Crippen LogP contribution in [0.25, 0.3) is 39.1 Å². The summed E-state index contributed by atoms with van der Waals surface area (Å²) < 4.78 is 7.05. The Kier molecular flexibility index (Phi) is 3.69. The zero-order valence-corrected chi connectivity index (χ0v) is 15.1. The molecular formula is C22H16N4O2. The van der Waals surface area contributed by atoms with Crippen LogP contribution in [0.15, 0.2) is 77.7 Å². The fraction of sp³-hybridized carbons (Fsp3) is 0.0455. The van der Waals surface area contributed by atoms with Crippen LogP contribution in [0.5, 0.6) is 5.75 Å². The number of hydrogen-bond acceptors (Lipinski definition) is 4. The monoisotopic (exact) mass is 368 g/mol. The number of fused-ring (bicyclic) bond motifs is 2. The normalized spacial score (nSPS) is 11.2. The molecule has 0 spiro atoms. The molecule has 6 heteroatoms. The number of methoxy groups -OCH3 is 1. The van der Waals surface area contributed by atoms with Gasteiger partial charge in [0.25, 0.3) is 5.56 Å². The predicted molar refractivity (Wildman–Crippen MR) is 109 cm³/mol. The maximum absolute atomic E-state index is 12.6. The number of rotatable bonds is 3. The first kappa shape index (κ1) is 16.3. The molecule has 0 aliphatic carbocycles. The van der Waals surface area contributed by atoms with Gasteiger partial charge in [-0.1, -0.05) is 24.3 Å². The largest absolute Gasteiger partial charge is 0.496 e. The van der Waals surface area contributed by atoms with Crippen LogP contribution in [0.2, 0.25) is 0 Å². The summed E-state index contributed by atoms with van der Waals surface area (Å²) in [6, 6.07) is 20.9. The topological polar surface area (TPSA) is 72.8 Å². The Balaban J connectivity index is 1.73. The minimum atomic E-state index is -0.156. The highest BCUT2D eigenvalue weighted by molar-refractivity contribution is 5.87. The van der Waals surface area contributed by atoms with Gasteiger partial charge < -0.3 is 9.72 Å². The summed E-state index contributed by atoms with van der Waals surface area (Å²) in [7, 11) is 1.66. The Morgan fingerprint density at radius 3 is 2.75 bits per heavy atom. The van der Waals surface area contributed by atoms with Gasteiger partial charge in [-0.2, -0.15) is 4.98 Å². The number of H-pyrrole nitrogens is 1. The average Bonchev–Trinajstić information content (AvgIpc) is 3.17. The van der Waals surface area contributed by atoms with Gasteiger partial charge in [-0.15, -0.1) is 0 Å². The standard InChI is InChI=1S/C22H16N4O2/c1-28-19-7-3-2-5-16(19)14-8-10-18-15(13-14)9-11-20(27)26(18)22-24-17-6-4-12-23-21(17)25-22/h2-13H,1H3,(H,23,24,25). The van der Waals surface area contributed by atoms with Crippen molar-refractivity contribution in [3.63, 3.8) is 0 Å². The van der Waals surface area contributed by atoms with Crippen LogP contribution in [0.1, 0.15) is 0 Å². The van der Waals surface area contributed by atoms with Crippen molar-refractivity contribution >= 4 is 22.1 Å². The van der Waals surface area contributed by atoms with Crippen molar-refractivity contribution in [1.82, 2.24) is 19.5 Å². The Labute approximate surface area is 160 Å². The summed E-state index contributed by atoms with van der Waals surface area (Å²) in [6.45, 7) is 0. The van der Waals surface area contributed by atoms with Gasteiger partial charge in [-0.3, -0.25) is 4.79 Å². The zero-order valence-electron chi connectivity index (χ0n) is 15.1. The summed E-state index contributed by atoms with van der Waals surface area (Å²) in [5.74, 6) is 1.26. The van der Waals surface area contributed by atoms with E-state index in [0.29, 0.717) is 11.6 Å². The summed E-state index contributed by atoms with van der Waals surface area (Å²) in [6.07, 6.45) is 1.68. The molecule has 0 saturated heterocycles. The number of imidazole rings is 1. The maximum Gasteiger partial charge on any atom is 0.257 e. The molecule has 3 aromatic heterocycles. The Morgan fingerprint density at radius 2 is 1.89 bits per heavy atom. The molecule has 3 heterocycles. The molecule has 5 rings (SSSR count). The molecule has 0 aliphatic rings.